The fraction of sp³-hybridized carbons (Fsp3) is 0.350. The first-order chi connectivity index (χ1) is 12.0. The van der Waals surface area contributed by atoms with Crippen LogP contribution >= 0.6 is 24.0 Å². The maximum Gasteiger partial charge on any atom is 0.191 e. The molecular formula is C20H27FIN3O. The summed E-state index contributed by atoms with van der Waals surface area (Å²) in [6.45, 7) is 5.51. The Morgan fingerprint density at radius 2 is 1.73 bits per heavy atom. The molecule has 6 heteroatoms. The predicted octanol–water partition coefficient (Wildman–Crippen LogP) is 4.10. The Hall–Kier alpha value is -1.83. The molecule has 0 aliphatic heterocycles. The Balaban J connectivity index is 0.00000338. The zero-order valence-corrected chi connectivity index (χ0v) is 18.0. The highest BCUT2D eigenvalue weighted by Crippen LogP contribution is 2.22. The number of halogens is 2. The molecule has 0 radical (unpaired) electrons. The highest BCUT2D eigenvalue weighted by Gasteiger charge is 2.21. The molecule has 0 unspecified atom stereocenters. The minimum Gasteiger partial charge on any atom is -0.496 e. The van der Waals surface area contributed by atoms with Crippen molar-refractivity contribution in [1.82, 2.24) is 10.6 Å². The van der Waals surface area contributed by atoms with E-state index in [-0.39, 0.29) is 35.2 Å². The van der Waals surface area contributed by atoms with Crippen molar-refractivity contribution >= 4 is 29.9 Å². The summed E-state index contributed by atoms with van der Waals surface area (Å²) in [6, 6.07) is 14.5. The molecule has 2 rings (SSSR count). The molecule has 2 aromatic rings. The number of benzene rings is 2. The van der Waals surface area contributed by atoms with Gasteiger partial charge in [-0.25, -0.2) is 4.39 Å². The van der Waals surface area contributed by atoms with E-state index in [9.17, 15) is 4.39 Å². The van der Waals surface area contributed by atoms with Crippen LogP contribution in [0.15, 0.2) is 53.5 Å². The molecule has 0 aromatic heterocycles. The number of nitrogens with zero attached hydrogens (tertiary/aromatic N) is 1. The number of guanidine groups is 1. The monoisotopic (exact) mass is 471 g/mol. The van der Waals surface area contributed by atoms with Gasteiger partial charge in [0.25, 0.3) is 0 Å². The molecule has 0 spiro atoms. The summed E-state index contributed by atoms with van der Waals surface area (Å²) < 4.78 is 18.5. The van der Waals surface area contributed by atoms with Crippen LogP contribution in [0.5, 0.6) is 5.75 Å². The van der Waals surface area contributed by atoms with Crippen LogP contribution in [0, 0.1) is 5.82 Å². The van der Waals surface area contributed by atoms with E-state index in [1.165, 1.54) is 12.1 Å². The van der Waals surface area contributed by atoms with Gasteiger partial charge < -0.3 is 15.4 Å². The molecule has 2 aromatic carbocycles. The number of methoxy groups -OCH3 is 1. The molecule has 0 aliphatic carbocycles. The molecule has 26 heavy (non-hydrogen) atoms. The van der Waals surface area contributed by atoms with Crippen molar-refractivity contribution in [3.05, 3.63) is 65.5 Å². The van der Waals surface area contributed by atoms with E-state index in [4.69, 9.17) is 4.74 Å². The highest BCUT2D eigenvalue weighted by molar-refractivity contribution is 14.0. The van der Waals surface area contributed by atoms with Crippen LogP contribution in [0.25, 0.3) is 0 Å². The minimum absolute atomic E-state index is 0. The van der Waals surface area contributed by atoms with E-state index < -0.39 is 0 Å². The molecule has 142 valence electrons. The van der Waals surface area contributed by atoms with Crippen LogP contribution < -0.4 is 15.4 Å². The molecule has 0 fully saturated rings. The van der Waals surface area contributed by atoms with Crippen molar-refractivity contribution in [3.63, 3.8) is 0 Å². The first-order valence-electron chi connectivity index (χ1n) is 8.29. The first-order valence-corrected chi connectivity index (χ1v) is 8.29. The zero-order valence-electron chi connectivity index (χ0n) is 15.7. The van der Waals surface area contributed by atoms with Crippen molar-refractivity contribution < 1.29 is 9.13 Å². The Labute approximate surface area is 172 Å². The van der Waals surface area contributed by atoms with E-state index in [0.717, 1.165) is 16.9 Å². The third kappa shape index (κ3) is 6.16. The second kappa shape index (κ2) is 10.4. The molecule has 0 saturated heterocycles. The average molecular weight is 471 g/mol. The smallest absolute Gasteiger partial charge is 0.191 e. The highest BCUT2D eigenvalue weighted by atomic mass is 127. The van der Waals surface area contributed by atoms with Gasteiger partial charge >= 0.3 is 0 Å². The second-order valence-corrected chi connectivity index (χ2v) is 6.48. The third-order valence-electron chi connectivity index (χ3n) is 4.19. The maximum absolute atomic E-state index is 13.1. The number of ether oxygens (including phenoxy) is 1. The van der Waals surface area contributed by atoms with Crippen LogP contribution in [0.1, 0.15) is 25.0 Å². The molecule has 0 saturated carbocycles. The van der Waals surface area contributed by atoms with Crippen LogP contribution in [-0.4, -0.2) is 26.7 Å². The van der Waals surface area contributed by atoms with Gasteiger partial charge in [0.1, 0.15) is 11.6 Å². The lowest BCUT2D eigenvalue weighted by atomic mass is 9.84. The first kappa shape index (κ1) is 22.2. The van der Waals surface area contributed by atoms with Gasteiger partial charge in [-0.05, 0) is 23.8 Å². The van der Waals surface area contributed by atoms with E-state index in [1.807, 2.05) is 36.4 Å². The Bertz CT molecular complexity index is 717. The summed E-state index contributed by atoms with van der Waals surface area (Å²) in [4.78, 5) is 4.26. The Morgan fingerprint density at radius 3 is 2.35 bits per heavy atom. The van der Waals surface area contributed by atoms with Gasteiger partial charge in [-0.15, -0.1) is 24.0 Å². The van der Waals surface area contributed by atoms with Crippen molar-refractivity contribution in [3.8, 4) is 5.75 Å². The molecule has 0 aliphatic rings. The molecule has 0 bridgehead atoms. The standard InChI is InChI=1S/C20H26FN3O.HI/c1-20(2,16-9-11-17(21)12-10-16)14-24-19(22-3)23-13-15-7-5-6-8-18(15)25-4;/h5-12H,13-14H2,1-4H3,(H2,22,23,24);1H. The average Bonchev–Trinajstić information content (AvgIpc) is 2.62. The van der Waals surface area contributed by atoms with Gasteiger partial charge in [-0.2, -0.15) is 0 Å². The number of aliphatic imine (C=N–C) groups is 1. The summed E-state index contributed by atoms with van der Waals surface area (Å²) in [5.74, 6) is 1.33. The van der Waals surface area contributed by atoms with Crippen LogP contribution in [0.2, 0.25) is 0 Å². The second-order valence-electron chi connectivity index (χ2n) is 6.48. The van der Waals surface area contributed by atoms with Gasteiger partial charge in [-0.1, -0.05) is 44.2 Å². The number of para-hydroxylation sites is 1. The lowest BCUT2D eigenvalue weighted by Gasteiger charge is -2.27. The number of rotatable bonds is 6. The fourth-order valence-corrected chi connectivity index (χ4v) is 2.56. The van der Waals surface area contributed by atoms with Gasteiger partial charge in [0, 0.05) is 31.1 Å². The Kier molecular flexibility index (Phi) is 8.84. The lowest BCUT2D eigenvalue weighted by Crippen LogP contribution is -2.43. The predicted molar refractivity (Wildman–Crippen MR) is 116 cm³/mol. The van der Waals surface area contributed by atoms with Crippen molar-refractivity contribution in [2.75, 3.05) is 20.7 Å². The summed E-state index contributed by atoms with van der Waals surface area (Å²) in [5, 5.41) is 6.63. The van der Waals surface area contributed by atoms with Crippen LogP contribution in [0.3, 0.4) is 0 Å². The topological polar surface area (TPSA) is 45.7 Å². The van der Waals surface area contributed by atoms with Crippen molar-refractivity contribution in [2.45, 2.75) is 25.8 Å². The fourth-order valence-electron chi connectivity index (χ4n) is 2.56. The van der Waals surface area contributed by atoms with Gasteiger partial charge in [0.15, 0.2) is 5.96 Å². The maximum atomic E-state index is 13.1. The van der Waals surface area contributed by atoms with E-state index in [2.05, 4.69) is 29.5 Å². The quantitative estimate of drug-likeness (QED) is 0.379. The van der Waals surface area contributed by atoms with Gasteiger partial charge in [0.05, 0.1) is 7.11 Å². The SMILES string of the molecule is CN=C(NCc1ccccc1OC)NCC(C)(C)c1ccc(F)cc1.I. The summed E-state index contributed by atoms with van der Waals surface area (Å²) in [7, 11) is 3.40. The normalized spacial score (nSPS) is 11.5. The molecule has 0 amide bonds. The number of hydrogen-bond acceptors (Lipinski definition) is 2. The summed E-state index contributed by atoms with van der Waals surface area (Å²) in [5.41, 5.74) is 1.97. The zero-order chi connectivity index (χ0) is 18.3. The number of hydrogen-bond donors (Lipinski definition) is 2. The van der Waals surface area contributed by atoms with Crippen molar-refractivity contribution in [2.24, 2.45) is 4.99 Å². The third-order valence-corrected chi connectivity index (χ3v) is 4.19. The van der Waals surface area contributed by atoms with Crippen LogP contribution in [-0.2, 0) is 12.0 Å². The summed E-state index contributed by atoms with van der Waals surface area (Å²) in [6.07, 6.45) is 0. The summed E-state index contributed by atoms with van der Waals surface area (Å²) >= 11 is 0. The molecule has 0 heterocycles. The van der Waals surface area contributed by atoms with E-state index >= 15 is 0 Å². The van der Waals surface area contributed by atoms with Gasteiger partial charge in [-0.3, -0.25) is 4.99 Å². The van der Waals surface area contributed by atoms with Crippen molar-refractivity contribution in [1.29, 1.82) is 0 Å². The molecule has 2 N–H and O–H groups in total. The molecule has 0 atom stereocenters. The van der Waals surface area contributed by atoms with E-state index in [1.54, 1.807) is 14.2 Å². The number of nitrogens with one attached hydrogen (secondary N) is 2. The minimum atomic E-state index is -0.221. The van der Waals surface area contributed by atoms with Gasteiger partial charge in [0.2, 0.25) is 0 Å². The lowest BCUT2D eigenvalue weighted by molar-refractivity contribution is 0.409. The van der Waals surface area contributed by atoms with Crippen LogP contribution in [0.4, 0.5) is 4.39 Å². The molecule has 4 nitrogen and oxygen atoms in total. The largest absolute Gasteiger partial charge is 0.496 e. The Morgan fingerprint density at radius 1 is 1.08 bits per heavy atom. The van der Waals surface area contributed by atoms with E-state index in [0.29, 0.717) is 19.0 Å². The molecular weight excluding hydrogens is 444 g/mol.